The monoisotopic (exact) mass is 229 g/mol. The summed E-state index contributed by atoms with van der Waals surface area (Å²) in [6.07, 6.45) is 6.31. The molecule has 0 amide bonds. The highest BCUT2D eigenvalue weighted by atomic mass is 16.3. The predicted octanol–water partition coefficient (Wildman–Crippen LogP) is 1.68. The Morgan fingerprint density at radius 3 is 2.56 bits per heavy atom. The summed E-state index contributed by atoms with van der Waals surface area (Å²) in [6.45, 7) is 5.19. The van der Waals surface area contributed by atoms with Crippen LogP contribution in [0.2, 0.25) is 0 Å². The Labute approximate surface area is 99.3 Å². The van der Waals surface area contributed by atoms with E-state index < -0.39 is 0 Å². The molecule has 1 saturated carbocycles. The second kappa shape index (κ2) is 6.58. The molecule has 3 unspecified atom stereocenters. The number of hydrogen-bond donors (Lipinski definition) is 3. The molecule has 1 aliphatic carbocycles. The van der Waals surface area contributed by atoms with Crippen molar-refractivity contribution in [2.24, 2.45) is 5.41 Å². The van der Waals surface area contributed by atoms with E-state index >= 15 is 0 Å². The fraction of sp³-hybridized carbons (Fsp3) is 1.00. The van der Waals surface area contributed by atoms with Crippen LogP contribution in [0, 0.1) is 5.41 Å². The number of aliphatic hydroxyl groups is 2. The molecule has 0 spiro atoms. The van der Waals surface area contributed by atoms with Crippen LogP contribution < -0.4 is 5.32 Å². The summed E-state index contributed by atoms with van der Waals surface area (Å²) in [5.41, 5.74) is -0.0496. The van der Waals surface area contributed by atoms with Gasteiger partial charge in [-0.25, -0.2) is 0 Å². The molecule has 0 aromatic rings. The van der Waals surface area contributed by atoms with Crippen LogP contribution in [-0.4, -0.2) is 35.5 Å². The number of aliphatic hydroxyl groups excluding tert-OH is 2. The lowest BCUT2D eigenvalue weighted by Crippen LogP contribution is -2.45. The molecule has 0 heterocycles. The van der Waals surface area contributed by atoms with Gasteiger partial charge in [-0.3, -0.25) is 0 Å². The summed E-state index contributed by atoms with van der Waals surface area (Å²) < 4.78 is 0. The average molecular weight is 229 g/mol. The molecular formula is C13H27NO2. The first-order valence-electron chi connectivity index (χ1n) is 6.63. The minimum absolute atomic E-state index is 0.0496. The molecular weight excluding hydrogens is 202 g/mol. The van der Waals surface area contributed by atoms with E-state index in [4.69, 9.17) is 0 Å². The molecule has 96 valence electrons. The Balaban J connectivity index is 2.40. The van der Waals surface area contributed by atoms with E-state index in [1.54, 1.807) is 0 Å². The summed E-state index contributed by atoms with van der Waals surface area (Å²) in [4.78, 5) is 0. The third kappa shape index (κ3) is 4.04. The number of nitrogens with one attached hydrogen (secondary N) is 1. The van der Waals surface area contributed by atoms with Crippen molar-refractivity contribution in [1.29, 1.82) is 0 Å². The molecule has 3 heteroatoms. The van der Waals surface area contributed by atoms with Crippen LogP contribution in [-0.2, 0) is 0 Å². The normalized spacial score (nSPS) is 30.8. The topological polar surface area (TPSA) is 52.5 Å². The zero-order valence-electron chi connectivity index (χ0n) is 10.7. The smallest absolute Gasteiger partial charge is 0.0693 e. The van der Waals surface area contributed by atoms with Gasteiger partial charge in [0, 0.05) is 24.6 Å². The highest BCUT2D eigenvalue weighted by Crippen LogP contribution is 2.22. The number of rotatable bonds is 5. The van der Waals surface area contributed by atoms with Crippen molar-refractivity contribution in [3.8, 4) is 0 Å². The second-order valence-corrected chi connectivity index (χ2v) is 5.52. The minimum Gasteiger partial charge on any atom is -0.396 e. The Morgan fingerprint density at radius 2 is 1.94 bits per heavy atom. The number of hydrogen-bond acceptors (Lipinski definition) is 3. The SMILES string of the molecule is CCC(C)(CO)CNC1CCCCCC1O. The van der Waals surface area contributed by atoms with Crippen molar-refractivity contribution in [2.75, 3.05) is 13.2 Å². The molecule has 0 radical (unpaired) electrons. The summed E-state index contributed by atoms with van der Waals surface area (Å²) in [7, 11) is 0. The molecule has 0 aliphatic heterocycles. The quantitative estimate of drug-likeness (QED) is 0.629. The van der Waals surface area contributed by atoms with Gasteiger partial charge in [0.1, 0.15) is 0 Å². The molecule has 0 aromatic heterocycles. The predicted molar refractivity (Wildman–Crippen MR) is 66.4 cm³/mol. The molecule has 1 rings (SSSR count). The maximum atomic E-state index is 9.97. The summed E-state index contributed by atoms with van der Waals surface area (Å²) in [5, 5.41) is 22.7. The standard InChI is InChI=1S/C13H27NO2/c1-3-13(2,10-15)9-14-11-7-5-4-6-8-12(11)16/h11-12,14-16H,3-10H2,1-2H3. The van der Waals surface area contributed by atoms with Gasteiger partial charge in [0.2, 0.25) is 0 Å². The van der Waals surface area contributed by atoms with Crippen molar-refractivity contribution in [3.63, 3.8) is 0 Å². The lowest BCUT2D eigenvalue weighted by molar-refractivity contribution is 0.0931. The maximum Gasteiger partial charge on any atom is 0.0693 e. The summed E-state index contributed by atoms with van der Waals surface area (Å²) >= 11 is 0. The average Bonchev–Trinajstić information content (AvgIpc) is 2.51. The molecule has 3 atom stereocenters. The van der Waals surface area contributed by atoms with Gasteiger partial charge in [-0.15, -0.1) is 0 Å². The fourth-order valence-corrected chi connectivity index (χ4v) is 2.20. The zero-order valence-corrected chi connectivity index (χ0v) is 10.7. The van der Waals surface area contributed by atoms with E-state index in [-0.39, 0.29) is 24.2 Å². The van der Waals surface area contributed by atoms with Gasteiger partial charge >= 0.3 is 0 Å². The first kappa shape index (κ1) is 13.9. The molecule has 0 saturated heterocycles. The lowest BCUT2D eigenvalue weighted by Gasteiger charge is -2.30. The van der Waals surface area contributed by atoms with Gasteiger partial charge in [-0.1, -0.05) is 33.1 Å². The van der Waals surface area contributed by atoms with Gasteiger partial charge in [0.25, 0.3) is 0 Å². The fourth-order valence-electron chi connectivity index (χ4n) is 2.20. The molecule has 1 fully saturated rings. The Morgan fingerprint density at radius 1 is 1.25 bits per heavy atom. The maximum absolute atomic E-state index is 9.97. The second-order valence-electron chi connectivity index (χ2n) is 5.52. The van der Waals surface area contributed by atoms with Crippen LogP contribution in [0.4, 0.5) is 0 Å². The van der Waals surface area contributed by atoms with Gasteiger partial charge in [-0.05, 0) is 19.3 Å². The van der Waals surface area contributed by atoms with E-state index in [9.17, 15) is 10.2 Å². The van der Waals surface area contributed by atoms with Crippen molar-refractivity contribution in [2.45, 2.75) is 64.5 Å². The van der Waals surface area contributed by atoms with Crippen LogP contribution in [0.15, 0.2) is 0 Å². The van der Waals surface area contributed by atoms with Crippen molar-refractivity contribution < 1.29 is 10.2 Å². The van der Waals surface area contributed by atoms with E-state index in [2.05, 4.69) is 19.2 Å². The van der Waals surface area contributed by atoms with E-state index in [1.165, 1.54) is 12.8 Å². The first-order valence-corrected chi connectivity index (χ1v) is 6.63. The third-order valence-corrected chi connectivity index (χ3v) is 4.01. The molecule has 3 N–H and O–H groups in total. The van der Waals surface area contributed by atoms with Gasteiger partial charge < -0.3 is 15.5 Å². The minimum atomic E-state index is -0.206. The van der Waals surface area contributed by atoms with Gasteiger partial charge in [-0.2, -0.15) is 0 Å². The van der Waals surface area contributed by atoms with Gasteiger partial charge in [0.15, 0.2) is 0 Å². The molecule has 3 nitrogen and oxygen atoms in total. The summed E-state index contributed by atoms with van der Waals surface area (Å²) in [6, 6.07) is 0.222. The van der Waals surface area contributed by atoms with Crippen molar-refractivity contribution in [3.05, 3.63) is 0 Å². The van der Waals surface area contributed by atoms with Crippen LogP contribution in [0.3, 0.4) is 0 Å². The highest BCUT2D eigenvalue weighted by molar-refractivity contribution is 4.83. The van der Waals surface area contributed by atoms with E-state index in [1.807, 2.05) is 0 Å². The Hall–Kier alpha value is -0.120. The largest absolute Gasteiger partial charge is 0.396 e. The third-order valence-electron chi connectivity index (χ3n) is 4.01. The van der Waals surface area contributed by atoms with Gasteiger partial charge in [0.05, 0.1) is 6.10 Å². The molecule has 0 bridgehead atoms. The van der Waals surface area contributed by atoms with E-state index in [0.717, 1.165) is 32.2 Å². The van der Waals surface area contributed by atoms with Crippen LogP contribution in [0.1, 0.15) is 52.4 Å². The zero-order chi connectivity index (χ0) is 12.0. The van der Waals surface area contributed by atoms with Crippen molar-refractivity contribution in [1.82, 2.24) is 5.32 Å². The first-order chi connectivity index (χ1) is 7.61. The molecule has 0 aromatic carbocycles. The Bertz CT molecular complexity index is 192. The van der Waals surface area contributed by atoms with Crippen LogP contribution in [0.5, 0.6) is 0 Å². The van der Waals surface area contributed by atoms with E-state index in [0.29, 0.717) is 0 Å². The van der Waals surface area contributed by atoms with Crippen molar-refractivity contribution >= 4 is 0 Å². The van der Waals surface area contributed by atoms with Crippen LogP contribution in [0.25, 0.3) is 0 Å². The molecule has 16 heavy (non-hydrogen) atoms. The highest BCUT2D eigenvalue weighted by Gasteiger charge is 2.26. The summed E-state index contributed by atoms with van der Waals surface area (Å²) in [5.74, 6) is 0. The van der Waals surface area contributed by atoms with Crippen LogP contribution >= 0.6 is 0 Å². The molecule has 1 aliphatic rings. The lowest BCUT2D eigenvalue weighted by atomic mass is 9.88. The Kier molecular flexibility index (Phi) is 5.73.